The third-order valence-corrected chi connectivity index (χ3v) is 3.56. The smallest absolute Gasteiger partial charge is 0.255 e. The molecule has 0 amide bonds. The summed E-state index contributed by atoms with van der Waals surface area (Å²) >= 11 is 0. The summed E-state index contributed by atoms with van der Waals surface area (Å²) in [5, 5.41) is 3.33. The Morgan fingerprint density at radius 3 is 2.40 bits per heavy atom. The van der Waals surface area contributed by atoms with Crippen LogP contribution in [0.25, 0.3) is 0 Å². The van der Waals surface area contributed by atoms with Gasteiger partial charge in [-0.05, 0) is 18.4 Å². The van der Waals surface area contributed by atoms with Gasteiger partial charge in [-0.3, -0.25) is 4.79 Å². The zero-order valence-corrected chi connectivity index (χ0v) is 13.7. The molecule has 20 heavy (non-hydrogen) atoms. The van der Waals surface area contributed by atoms with E-state index in [0.717, 1.165) is 24.2 Å². The molecule has 0 aromatic carbocycles. The normalized spacial score (nSPS) is 11.6. The largest absolute Gasteiger partial charge is 0.312 e. The highest BCUT2D eigenvalue weighted by Crippen LogP contribution is 2.14. The fourth-order valence-electron chi connectivity index (χ4n) is 2.34. The van der Waals surface area contributed by atoms with E-state index in [1.54, 1.807) is 0 Å². The average molecular weight is 278 g/mol. The Labute approximate surface area is 123 Å². The molecular weight excluding hydrogens is 248 g/mol. The van der Waals surface area contributed by atoms with Crippen molar-refractivity contribution in [1.82, 2.24) is 9.88 Å². The predicted octanol–water partition coefficient (Wildman–Crippen LogP) is 3.66. The molecular formula is C17H30N2O. The number of nitrogens with zero attached hydrogens (tertiary/aromatic N) is 1. The van der Waals surface area contributed by atoms with Crippen LogP contribution < -0.4 is 10.9 Å². The molecule has 3 nitrogen and oxygen atoms in total. The van der Waals surface area contributed by atoms with Crippen LogP contribution in [0.4, 0.5) is 0 Å². The highest BCUT2D eigenvalue weighted by molar-refractivity contribution is 5.18. The number of hydrogen-bond donors (Lipinski definition) is 1. The molecule has 3 heteroatoms. The van der Waals surface area contributed by atoms with E-state index in [1.165, 1.54) is 12.8 Å². The first-order chi connectivity index (χ1) is 9.47. The maximum absolute atomic E-state index is 12.6. The lowest BCUT2D eigenvalue weighted by atomic mass is 10.1. The average Bonchev–Trinajstić information content (AvgIpc) is 2.38. The van der Waals surface area contributed by atoms with Gasteiger partial charge in [0.15, 0.2) is 0 Å². The maximum Gasteiger partial charge on any atom is 0.255 e. The van der Waals surface area contributed by atoms with Crippen LogP contribution in [0, 0.1) is 0 Å². The van der Waals surface area contributed by atoms with E-state index >= 15 is 0 Å². The Hall–Kier alpha value is -1.09. The molecule has 0 radical (unpaired) electrons. The van der Waals surface area contributed by atoms with Crippen molar-refractivity contribution in [1.29, 1.82) is 0 Å². The summed E-state index contributed by atoms with van der Waals surface area (Å²) < 4.78 is 1.98. The molecule has 0 atom stereocenters. The Morgan fingerprint density at radius 2 is 1.85 bits per heavy atom. The summed E-state index contributed by atoms with van der Waals surface area (Å²) in [6, 6.07) is 4.51. The standard InChI is InChI=1S/C17H30N2O/c1-6-7-8-11-19-16(13(2)3)10-9-15(17(19)20)12-18-14(4)5/h9-10,13-14,18H,6-8,11-12H2,1-5H3. The van der Waals surface area contributed by atoms with Gasteiger partial charge in [0.1, 0.15) is 0 Å². The van der Waals surface area contributed by atoms with E-state index in [4.69, 9.17) is 0 Å². The third kappa shape index (κ3) is 4.78. The number of pyridine rings is 1. The van der Waals surface area contributed by atoms with Gasteiger partial charge in [0.25, 0.3) is 5.56 Å². The molecule has 0 unspecified atom stereocenters. The van der Waals surface area contributed by atoms with Crippen molar-refractivity contribution in [2.75, 3.05) is 0 Å². The van der Waals surface area contributed by atoms with Gasteiger partial charge in [0.2, 0.25) is 0 Å². The number of nitrogens with one attached hydrogen (secondary N) is 1. The van der Waals surface area contributed by atoms with Crippen molar-refractivity contribution in [3.05, 3.63) is 33.7 Å². The molecule has 0 saturated heterocycles. The molecule has 1 N–H and O–H groups in total. The van der Waals surface area contributed by atoms with Crippen LogP contribution in [0.2, 0.25) is 0 Å². The molecule has 0 saturated carbocycles. The van der Waals surface area contributed by atoms with Gasteiger partial charge < -0.3 is 9.88 Å². The zero-order chi connectivity index (χ0) is 15.1. The van der Waals surface area contributed by atoms with Crippen molar-refractivity contribution in [3.8, 4) is 0 Å². The van der Waals surface area contributed by atoms with E-state index in [9.17, 15) is 4.79 Å². The van der Waals surface area contributed by atoms with Gasteiger partial charge in [-0.1, -0.05) is 53.5 Å². The highest BCUT2D eigenvalue weighted by atomic mass is 16.1. The van der Waals surface area contributed by atoms with Gasteiger partial charge >= 0.3 is 0 Å². The molecule has 1 aromatic rings. The van der Waals surface area contributed by atoms with Crippen LogP contribution in [0.3, 0.4) is 0 Å². The first-order valence-electron chi connectivity index (χ1n) is 7.93. The number of aromatic nitrogens is 1. The van der Waals surface area contributed by atoms with E-state index in [-0.39, 0.29) is 5.56 Å². The molecule has 0 fully saturated rings. The second-order valence-electron chi connectivity index (χ2n) is 6.14. The molecule has 0 aliphatic carbocycles. The van der Waals surface area contributed by atoms with Crippen molar-refractivity contribution in [2.24, 2.45) is 0 Å². The fraction of sp³-hybridized carbons (Fsp3) is 0.706. The van der Waals surface area contributed by atoms with E-state index < -0.39 is 0 Å². The van der Waals surface area contributed by atoms with Crippen LogP contribution in [0.1, 0.15) is 71.1 Å². The lowest BCUT2D eigenvalue weighted by Gasteiger charge is -2.17. The minimum Gasteiger partial charge on any atom is -0.312 e. The monoisotopic (exact) mass is 278 g/mol. The minimum atomic E-state index is 0.181. The van der Waals surface area contributed by atoms with Gasteiger partial charge in [0, 0.05) is 30.4 Å². The topological polar surface area (TPSA) is 34.0 Å². The molecule has 0 spiro atoms. The van der Waals surface area contributed by atoms with Gasteiger partial charge in [-0.25, -0.2) is 0 Å². The lowest BCUT2D eigenvalue weighted by Crippen LogP contribution is -2.31. The van der Waals surface area contributed by atoms with Crippen molar-refractivity contribution < 1.29 is 0 Å². The summed E-state index contributed by atoms with van der Waals surface area (Å²) in [5.41, 5.74) is 2.21. The van der Waals surface area contributed by atoms with Crippen LogP contribution in [0.5, 0.6) is 0 Å². The van der Waals surface area contributed by atoms with Gasteiger partial charge in [0.05, 0.1) is 0 Å². The van der Waals surface area contributed by atoms with E-state index in [2.05, 4.69) is 46.0 Å². The first-order valence-corrected chi connectivity index (χ1v) is 7.93. The van der Waals surface area contributed by atoms with Crippen molar-refractivity contribution >= 4 is 0 Å². The summed E-state index contributed by atoms with van der Waals surface area (Å²) in [5.74, 6) is 0.386. The summed E-state index contributed by atoms with van der Waals surface area (Å²) in [4.78, 5) is 12.6. The molecule has 1 aromatic heterocycles. The quantitative estimate of drug-likeness (QED) is 0.736. The minimum absolute atomic E-state index is 0.181. The third-order valence-electron chi connectivity index (χ3n) is 3.56. The Balaban J connectivity index is 3.00. The molecule has 114 valence electrons. The zero-order valence-electron chi connectivity index (χ0n) is 13.7. The molecule has 0 aliphatic rings. The SMILES string of the molecule is CCCCCn1c(C(C)C)ccc(CNC(C)C)c1=O. The van der Waals surface area contributed by atoms with Crippen LogP contribution in [0.15, 0.2) is 16.9 Å². The Morgan fingerprint density at radius 1 is 1.15 bits per heavy atom. The molecule has 0 bridgehead atoms. The maximum atomic E-state index is 12.6. The van der Waals surface area contributed by atoms with Gasteiger partial charge in [-0.15, -0.1) is 0 Å². The highest BCUT2D eigenvalue weighted by Gasteiger charge is 2.11. The summed E-state index contributed by atoms with van der Waals surface area (Å²) in [7, 11) is 0. The summed E-state index contributed by atoms with van der Waals surface area (Å²) in [6.07, 6.45) is 3.44. The van der Waals surface area contributed by atoms with Gasteiger partial charge in [-0.2, -0.15) is 0 Å². The molecule has 1 rings (SSSR count). The molecule has 1 heterocycles. The summed E-state index contributed by atoms with van der Waals surface area (Å²) in [6.45, 7) is 12.2. The number of rotatable bonds is 8. The number of unbranched alkanes of at least 4 members (excludes halogenated alkanes) is 2. The van der Waals surface area contributed by atoms with Crippen LogP contribution in [-0.4, -0.2) is 10.6 Å². The second-order valence-corrected chi connectivity index (χ2v) is 6.14. The van der Waals surface area contributed by atoms with Crippen LogP contribution in [-0.2, 0) is 13.1 Å². The van der Waals surface area contributed by atoms with E-state index in [0.29, 0.717) is 18.5 Å². The predicted molar refractivity (Wildman–Crippen MR) is 86.3 cm³/mol. The Bertz CT molecular complexity index is 461. The van der Waals surface area contributed by atoms with Crippen molar-refractivity contribution in [2.45, 2.75) is 78.9 Å². The fourth-order valence-corrected chi connectivity index (χ4v) is 2.34. The molecule has 0 aliphatic heterocycles. The van der Waals surface area contributed by atoms with Crippen LogP contribution >= 0.6 is 0 Å². The van der Waals surface area contributed by atoms with Crippen molar-refractivity contribution in [3.63, 3.8) is 0 Å². The second kappa shape index (κ2) is 8.25. The lowest BCUT2D eigenvalue weighted by molar-refractivity contribution is 0.538. The first kappa shape index (κ1) is 17.0. The number of hydrogen-bond acceptors (Lipinski definition) is 2. The Kier molecular flexibility index (Phi) is 7.00. The van der Waals surface area contributed by atoms with E-state index in [1.807, 2.05) is 10.6 Å².